The van der Waals surface area contributed by atoms with Crippen molar-refractivity contribution in [1.29, 1.82) is 0 Å². The molecule has 5 saturated carbocycles. The van der Waals surface area contributed by atoms with Gasteiger partial charge in [-0.05, 0) is 74.5 Å². The first-order chi connectivity index (χ1) is 12.7. The second-order valence-corrected chi connectivity index (χ2v) is 10.1. The standard InChI is InChI=1S/C22H36N2O2/c25-22(23-21-18-9-16-8-17(11-18)12-19(21)10-16)20-14-24(6-7-26-20)13-15-4-2-1-3-5-15/h15-21H,1-14H2,(H,23,25). The summed E-state index contributed by atoms with van der Waals surface area (Å²) in [5.41, 5.74) is 0. The summed E-state index contributed by atoms with van der Waals surface area (Å²) in [6, 6.07) is 0.438. The molecule has 4 bridgehead atoms. The number of nitrogens with one attached hydrogen (secondary N) is 1. The van der Waals surface area contributed by atoms with Gasteiger partial charge in [0.2, 0.25) is 0 Å². The van der Waals surface area contributed by atoms with E-state index in [0.29, 0.717) is 12.6 Å². The van der Waals surface area contributed by atoms with Crippen molar-refractivity contribution in [2.45, 2.75) is 76.4 Å². The first-order valence-electron chi connectivity index (χ1n) is 11.4. The van der Waals surface area contributed by atoms with Gasteiger partial charge in [-0.25, -0.2) is 0 Å². The van der Waals surface area contributed by atoms with Crippen molar-refractivity contribution in [3.05, 3.63) is 0 Å². The lowest BCUT2D eigenvalue weighted by Gasteiger charge is -2.54. The second kappa shape index (κ2) is 7.43. The Hall–Kier alpha value is -0.610. The van der Waals surface area contributed by atoms with E-state index in [2.05, 4.69) is 10.2 Å². The number of morpholine rings is 1. The van der Waals surface area contributed by atoms with Crippen molar-refractivity contribution in [2.75, 3.05) is 26.2 Å². The van der Waals surface area contributed by atoms with Gasteiger partial charge in [-0.15, -0.1) is 0 Å². The van der Waals surface area contributed by atoms with Crippen LogP contribution in [0.2, 0.25) is 0 Å². The van der Waals surface area contributed by atoms with E-state index >= 15 is 0 Å². The van der Waals surface area contributed by atoms with E-state index in [4.69, 9.17) is 4.74 Å². The minimum absolute atomic E-state index is 0.177. The van der Waals surface area contributed by atoms with E-state index < -0.39 is 0 Å². The van der Waals surface area contributed by atoms with Gasteiger partial charge >= 0.3 is 0 Å². The SMILES string of the molecule is O=C(NC1C2CC3CC(C2)CC1C3)C1CN(CC2CCCCC2)CCO1. The lowest BCUT2D eigenvalue weighted by Crippen LogP contribution is -2.59. The third kappa shape index (κ3) is 3.56. The third-order valence-electron chi connectivity index (χ3n) is 8.22. The van der Waals surface area contributed by atoms with Gasteiger partial charge in [-0.1, -0.05) is 19.3 Å². The maximum Gasteiger partial charge on any atom is 0.250 e. The highest BCUT2D eigenvalue weighted by Crippen LogP contribution is 2.53. The van der Waals surface area contributed by atoms with Crippen LogP contribution in [0.25, 0.3) is 0 Å². The molecule has 1 aliphatic heterocycles. The first kappa shape index (κ1) is 17.5. The van der Waals surface area contributed by atoms with Crippen LogP contribution in [0.5, 0.6) is 0 Å². The van der Waals surface area contributed by atoms with Gasteiger partial charge in [-0.3, -0.25) is 9.69 Å². The highest BCUT2D eigenvalue weighted by molar-refractivity contribution is 5.81. The topological polar surface area (TPSA) is 41.6 Å². The van der Waals surface area contributed by atoms with Crippen LogP contribution in [-0.4, -0.2) is 49.2 Å². The molecule has 6 fully saturated rings. The fourth-order valence-electron chi connectivity index (χ4n) is 7.18. The highest BCUT2D eigenvalue weighted by Gasteiger charge is 2.49. The Kier molecular flexibility index (Phi) is 4.99. The minimum atomic E-state index is -0.246. The van der Waals surface area contributed by atoms with Crippen LogP contribution in [0.4, 0.5) is 0 Å². The normalized spacial score (nSPS) is 43.5. The molecule has 6 rings (SSSR count). The molecule has 0 aromatic rings. The van der Waals surface area contributed by atoms with E-state index in [1.54, 1.807) is 0 Å². The van der Waals surface area contributed by atoms with E-state index in [1.165, 1.54) is 70.8 Å². The molecule has 1 amide bonds. The van der Waals surface area contributed by atoms with Gasteiger partial charge in [0, 0.05) is 25.7 Å². The minimum Gasteiger partial charge on any atom is -0.366 e. The Morgan fingerprint density at radius 3 is 2.35 bits per heavy atom. The zero-order valence-electron chi connectivity index (χ0n) is 16.2. The summed E-state index contributed by atoms with van der Waals surface area (Å²) >= 11 is 0. The van der Waals surface area contributed by atoms with Crippen LogP contribution in [0, 0.1) is 29.6 Å². The van der Waals surface area contributed by atoms with Crippen LogP contribution in [0.1, 0.15) is 64.2 Å². The Labute approximate surface area is 158 Å². The van der Waals surface area contributed by atoms with Crippen molar-refractivity contribution in [3.63, 3.8) is 0 Å². The number of ether oxygens (including phenoxy) is 1. The van der Waals surface area contributed by atoms with Gasteiger partial charge in [-0.2, -0.15) is 0 Å². The Balaban J connectivity index is 1.15. The Morgan fingerprint density at radius 2 is 1.65 bits per heavy atom. The summed E-state index contributed by atoms with van der Waals surface area (Å²) < 4.78 is 5.90. The molecule has 4 heteroatoms. The Morgan fingerprint density at radius 1 is 0.962 bits per heavy atom. The number of hydrogen-bond donors (Lipinski definition) is 1. The molecule has 26 heavy (non-hydrogen) atoms. The summed E-state index contributed by atoms with van der Waals surface area (Å²) in [6.07, 6.45) is 13.6. The van der Waals surface area contributed by atoms with Crippen molar-refractivity contribution in [2.24, 2.45) is 29.6 Å². The summed E-state index contributed by atoms with van der Waals surface area (Å²) in [7, 11) is 0. The van der Waals surface area contributed by atoms with Crippen LogP contribution >= 0.6 is 0 Å². The fourth-order valence-corrected chi connectivity index (χ4v) is 7.18. The molecular formula is C22H36N2O2. The average Bonchev–Trinajstić information content (AvgIpc) is 2.65. The van der Waals surface area contributed by atoms with E-state index in [1.807, 2.05) is 0 Å². The second-order valence-electron chi connectivity index (χ2n) is 10.1. The molecular weight excluding hydrogens is 324 g/mol. The average molecular weight is 361 g/mol. The predicted octanol–water partition coefficient (Wildman–Crippen LogP) is 3.21. The summed E-state index contributed by atoms with van der Waals surface area (Å²) in [4.78, 5) is 15.5. The molecule has 0 spiro atoms. The number of carbonyl (C=O) groups is 1. The predicted molar refractivity (Wildman–Crippen MR) is 102 cm³/mol. The van der Waals surface area contributed by atoms with Crippen molar-refractivity contribution < 1.29 is 9.53 Å². The maximum atomic E-state index is 13.0. The van der Waals surface area contributed by atoms with Gasteiger partial charge in [0.25, 0.3) is 5.91 Å². The van der Waals surface area contributed by atoms with E-state index in [-0.39, 0.29) is 12.0 Å². The molecule has 1 unspecified atom stereocenters. The zero-order valence-corrected chi connectivity index (χ0v) is 16.2. The number of rotatable bonds is 4. The van der Waals surface area contributed by atoms with Gasteiger partial charge in [0.15, 0.2) is 0 Å². The molecule has 0 aromatic heterocycles. The molecule has 0 radical (unpaired) electrons. The molecule has 4 nitrogen and oxygen atoms in total. The maximum absolute atomic E-state index is 13.0. The van der Waals surface area contributed by atoms with E-state index in [9.17, 15) is 4.79 Å². The lowest BCUT2D eigenvalue weighted by molar-refractivity contribution is -0.142. The Bertz CT molecular complexity index is 488. The largest absolute Gasteiger partial charge is 0.366 e. The van der Waals surface area contributed by atoms with Gasteiger partial charge in [0.05, 0.1) is 6.61 Å². The van der Waals surface area contributed by atoms with Crippen molar-refractivity contribution >= 4 is 5.91 Å². The molecule has 1 saturated heterocycles. The molecule has 0 aromatic carbocycles. The van der Waals surface area contributed by atoms with Crippen molar-refractivity contribution in [3.8, 4) is 0 Å². The molecule has 146 valence electrons. The van der Waals surface area contributed by atoms with Gasteiger partial charge in [0.1, 0.15) is 6.10 Å². The molecule has 5 aliphatic carbocycles. The fraction of sp³-hybridized carbons (Fsp3) is 0.955. The number of amides is 1. The highest BCUT2D eigenvalue weighted by atomic mass is 16.5. The smallest absolute Gasteiger partial charge is 0.250 e. The third-order valence-corrected chi connectivity index (χ3v) is 8.22. The number of hydrogen-bond acceptors (Lipinski definition) is 3. The molecule has 1 heterocycles. The molecule has 1 N–H and O–H groups in total. The number of nitrogens with zero attached hydrogens (tertiary/aromatic N) is 1. The molecule has 1 atom stereocenters. The van der Waals surface area contributed by atoms with Crippen molar-refractivity contribution in [1.82, 2.24) is 10.2 Å². The van der Waals surface area contributed by atoms with Crippen LogP contribution in [0.15, 0.2) is 0 Å². The lowest BCUT2D eigenvalue weighted by atomic mass is 9.54. The monoisotopic (exact) mass is 360 g/mol. The van der Waals surface area contributed by atoms with Crippen LogP contribution in [-0.2, 0) is 9.53 Å². The quantitative estimate of drug-likeness (QED) is 0.837. The molecule has 6 aliphatic rings. The first-order valence-corrected chi connectivity index (χ1v) is 11.4. The zero-order chi connectivity index (χ0) is 17.5. The summed E-state index contributed by atoms with van der Waals surface area (Å²) in [6.45, 7) is 3.69. The van der Waals surface area contributed by atoms with Crippen LogP contribution in [0.3, 0.4) is 0 Å². The summed E-state index contributed by atoms with van der Waals surface area (Å²) in [5.74, 6) is 4.44. The van der Waals surface area contributed by atoms with Gasteiger partial charge < -0.3 is 10.1 Å². The van der Waals surface area contributed by atoms with Crippen LogP contribution < -0.4 is 5.32 Å². The summed E-state index contributed by atoms with van der Waals surface area (Å²) in [5, 5.41) is 3.47. The number of carbonyl (C=O) groups excluding carboxylic acids is 1. The van der Waals surface area contributed by atoms with E-state index in [0.717, 1.165) is 42.7 Å².